The Hall–Kier alpha value is -4.08. The van der Waals surface area contributed by atoms with Gasteiger partial charge in [0.05, 0.1) is 12.1 Å². The predicted octanol–water partition coefficient (Wildman–Crippen LogP) is 4.01. The van der Waals surface area contributed by atoms with Gasteiger partial charge in [0.2, 0.25) is 11.9 Å². The molecule has 0 unspecified atom stereocenters. The number of rotatable bonds is 4. The maximum Gasteiger partial charge on any atom is 0.573 e. The molecular weight excluding hydrogens is 435 g/mol. The minimum absolute atomic E-state index is 0.0339. The number of hydrogen-bond acceptors (Lipinski definition) is 5. The molecule has 33 heavy (non-hydrogen) atoms. The summed E-state index contributed by atoms with van der Waals surface area (Å²) in [7, 11) is 0. The minimum atomic E-state index is -4.78. The van der Waals surface area contributed by atoms with Crippen molar-refractivity contribution in [1.82, 2.24) is 14.6 Å². The van der Waals surface area contributed by atoms with Crippen LogP contribution >= 0.6 is 0 Å². The second-order valence-electron chi connectivity index (χ2n) is 7.66. The Kier molecular flexibility index (Phi) is 4.92. The number of pyridine rings is 1. The molecule has 7 nitrogen and oxygen atoms in total. The maximum absolute atomic E-state index is 12.9. The third-order valence-electron chi connectivity index (χ3n) is 5.44. The van der Waals surface area contributed by atoms with Crippen LogP contribution in [-0.4, -0.2) is 33.4 Å². The molecule has 10 heteroatoms. The Morgan fingerprint density at radius 3 is 2.73 bits per heavy atom. The van der Waals surface area contributed by atoms with Crippen LogP contribution in [0.25, 0.3) is 16.9 Å². The molecule has 2 aromatic carbocycles. The SMILES string of the molecule is Nc1nc2cccc(-c3ccc4c(c3)CCN4C(=O)Cc3cccc(OC(F)(F)F)c3)n2n1. The summed E-state index contributed by atoms with van der Waals surface area (Å²) < 4.78 is 43.1. The minimum Gasteiger partial charge on any atom is -0.406 e. The van der Waals surface area contributed by atoms with E-state index in [1.807, 2.05) is 36.4 Å². The van der Waals surface area contributed by atoms with Gasteiger partial charge in [-0.25, -0.2) is 4.52 Å². The van der Waals surface area contributed by atoms with Crippen molar-refractivity contribution >= 4 is 23.2 Å². The van der Waals surface area contributed by atoms with Gasteiger partial charge < -0.3 is 15.4 Å². The summed E-state index contributed by atoms with van der Waals surface area (Å²) in [6.45, 7) is 0.497. The highest BCUT2D eigenvalue weighted by Gasteiger charge is 2.31. The Morgan fingerprint density at radius 1 is 1.09 bits per heavy atom. The van der Waals surface area contributed by atoms with Gasteiger partial charge in [-0.05, 0) is 53.9 Å². The van der Waals surface area contributed by atoms with E-state index in [-0.39, 0.29) is 24.0 Å². The summed E-state index contributed by atoms with van der Waals surface area (Å²) >= 11 is 0. The van der Waals surface area contributed by atoms with Crippen molar-refractivity contribution in [3.05, 3.63) is 71.8 Å². The van der Waals surface area contributed by atoms with Gasteiger partial charge in [-0.1, -0.05) is 24.3 Å². The first-order valence-corrected chi connectivity index (χ1v) is 10.2. The highest BCUT2D eigenvalue weighted by atomic mass is 19.4. The second kappa shape index (κ2) is 7.80. The molecule has 0 saturated heterocycles. The normalized spacial score (nSPS) is 13.4. The molecule has 5 rings (SSSR count). The monoisotopic (exact) mass is 453 g/mol. The maximum atomic E-state index is 12.9. The van der Waals surface area contributed by atoms with Gasteiger partial charge in [0, 0.05) is 17.8 Å². The quantitative estimate of drug-likeness (QED) is 0.505. The van der Waals surface area contributed by atoms with Crippen LogP contribution in [0.15, 0.2) is 60.7 Å². The number of hydrogen-bond donors (Lipinski definition) is 1. The summed E-state index contributed by atoms with van der Waals surface area (Å²) in [6.07, 6.45) is -4.15. The van der Waals surface area contributed by atoms with Crippen LogP contribution in [0.1, 0.15) is 11.1 Å². The van der Waals surface area contributed by atoms with Crippen LogP contribution in [0.3, 0.4) is 0 Å². The Morgan fingerprint density at radius 2 is 1.91 bits per heavy atom. The van der Waals surface area contributed by atoms with Crippen LogP contribution in [-0.2, 0) is 17.6 Å². The number of amides is 1. The first-order valence-electron chi connectivity index (χ1n) is 10.2. The largest absolute Gasteiger partial charge is 0.573 e. The highest BCUT2D eigenvalue weighted by Crippen LogP contribution is 2.33. The molecule has 0 fully saturated rings. The molecule has 0 atom stereocenters. The number of nitrogen functional groups attached to an aromatic ring is 1. The van der Waals surface area contributed by atoms with Gasteiger partial charge in [-0.2, -0.15) is 4.98 Å². The molecule has 0 radical (unpaired) electrons. The van der Waals surface area contributed by atoms with Gasteiger partial charge >= 0.3 is 6.36 Å². The third kappa shape index (κ3) is 4.19. The molecule has 168 valence electrons. The van der Waals surface area contributed by atoms with Crippen molar-refractivity contribution in [3.8, 4) is 17.0 Å². The zero-order valence-corrected chi connectivity index (χ0v) is 17.2. The van der Waals surface area contributed by atoms with Crippen molar-refractivity contribution in [1.29, 1.82) is 0 Å². The van der Waals surface area contributed by atoms with E-state index < -0.39 is 6.36 Å². The highest BCUT2D eigenvalue weighted by molar-refractivity contribution is 5.97. The fourth-order valence-corrected chi connectivity index (χ4v) is 4.08. The fraction of sp³-hybridized carbons (Fsp3) is 0.174. The van der Waals surface area contributed by atoms with Crippen LogP contribution in [0, 0.1) is 0 Å². The predicted molar refractivity (Wildman–Crippen MR) is 116 cm³/mol. The lowest BCUT2D eigenvalue weighted by Gasteiger charge is -2.18. The lowest BCUT2D eigenvalue weighted by Crippen LogP contribution is -2.30. The number of anilines is 2. The number of fused-ring (bicyclic) bond motifs is 2. The summed E-state index contributed by atoms with van der Waals surface area (Å²) in [5.74, 6) is -0.357. The van der Waals surface area contributed by atoms with E-state index in [1.165, 1.54) is 18.2 Å². The Balaban J connectivity index is 1.37. The number of nitrogens with two attached hydrogens (primary N) is 1. The number of carbonyl (C=O) groups excluding carboxylic acids is 1. The lowest BCUT2D eigenvalue weighted by molar-refractivity contribution is -0.274. The van der Waals surface area contributed by atoms with Crippen molar-refractivity contribution < 1.29 is 22.7 Å². The molecule has 3 heterocycles. The molecule has 0 bridgehead atoms. The molecular formula is C23H18F3N5O2. The van der Waals surface area contributed by atoms with Crippen LogP contribution < -0.4 is 15.4 Å². The molecule has 2 aromatic heterocycles. The van der Waals surface area contributed by atoms with E-state index in [9.17, 15) is 18.0 Å². The summed E-state index contributed by atoms with van der Waals surface area (Å²) in [5.41, 5.74) is 10.3. The second-order valence-corrected chi connectivity index (χ2v) is 7.66. The molecule has 1 aliphatic rings. The standard InChI is InChI=1S/C23H18F3N5O2/c24-23(25,26)33-17-4-1-3-14(11-17)12-21(32)30-10-9-16-13-15(7-8-18(16)30)19-5-2-6-20-28-22(27)29-31(19)20/h1-8,11,13H,9-10,12H2,(H2,27,29). The molecule has 2 N–H and O–H groups in total. The van der Waals surface area contributed by atoms with Crippen molar-refractivity contribution in [2.45, 2.75) is 19.2 Å². The lowest BCUT2D eigenvalue weighted by atomic mass is 10.1. The van der Waals surface area contributed by atoms with Crippen LogP contribution in [0.4, 0.5) is 24.8 Å². The number of nitrogens with zero attached hydrogens (tertiary/aromatic N) is 4. The van der Waals surface area contributed by atoms with Crippen molar-refractivity contribution in [2.24, 2.45) is 0 Å². The zero-order chi connectivity index (χ0) is 23.2. The van der Waals surface area contributed by atoms with Crippen molar-refractivity contribution in [3.63, 3.8) is 0 Å². The van der Waals surface area contributed by atoms with Gasteiger partial charge in [-0.15, -0.1) is 18.3 Å². The number of halogens is 3. The third-order valence-corrected chi connectivity index (χ3v) is 5.44. The number of carbonyl (C=O) groups is 1. The molecule has 0 aliphatic carbocycles. The van der Waals surface area contributed by atoms with E-state index in [0.29, 0.717) is 24.2 Å². The van der Waals surface area contributed by atoms with E-state index in [1.54, 1.807) is 15.5 Å². The van der Waals surface area contributed by atoms with E-state index in [2.05, 4.69) is 14.8 Å². The van der Waals surface area contributed by atoms with Gasteiger partial charge in [0.25, 0.3) is 0 Å². The molecule has 1 aliphatic heterocycles. The van der Waals surface area contributed by atoms with Crippen LogP contribution in [0.5, 0.6) is 5.75 Å². The fourth-order valence-electron chi connectivity index (χ4n) is 4.08. The Labute approximate surface area is 186 Å². The van der Waals surface area contributed by atoms with E-state index >= 15 is 0 Å². The first-order chi connectivity index (χ1) is 15.8. The first kappa shape index (κ1) is 20.8. The van der Waals surface area contributed by atoms with Gasteiger partial charge in [0.15, 0.2) is 5.65 Å². The number of benzene rings is 2. The molecule has 4 aromatic rings. The van der Waals surface area contributed by atoms with Crippen molar-refractivity contribution in [2.75, 3.05) is 17.2 Å². The number of alkyl halides is 3. The van der Waals surface area contributed by atoms with E-state index in [0.717, 1.165) is 22.5 Å². The van der Waals surface area contributed by atoms with Crippen LogP contribution in [0.2, 0.25) is 0 Å². The van der Waals surface area contributed by atoms with Gasteiger partial charge in [0.1, 0.15) is 5.75 Å². The molecule has 0 saturated carbocycles. The summed E-state index contributed by atoms with van der Waals surface area (Å²) in [4.78, 5) is 18.8. The topological polar surface area (TPSA) is 85.8 Å². The average Bonchev–Trinajstić information content (AvgIpc) is 3.34. The van der Waals surface area contributed by atoms with Gasteiger partial charge in [-0.3, -0.25) is 4.79 Å². The number of aromatic nitrogens is 3. The average molecular weight is 453 g/mol. The van der Waals surface area contributed by atoms with E-state index in [4.69, 9.17) is 5.73 Å². The molecule has 0 spiro atoms. The Bertz CT molecular complexity index is 1370. The smallest absolute Gasteiger partial charge is 0.406 e. The number of ether oxygens (including phenoxy) is 1. The zero-order valence-electron chi connectivity index (χ0n) is 17.2. The summed E-state index contributed by atoms with van der Waals surface area (Å²) in [6, 6.07) is 16.9. The molecule has 1 amide bonds. The summed E-state index contributed by atoms with van der Waals surface area (Å²) in [5, 5.41) is 4.24.